The fourth-order valence-electron chi connectivity index (χ4n) is 2.12. The Morgan fingerprint density at radius 1 is 0.900 bits per heavy atom. The standard InChI is InChI=1S/C15H12N2O.C2H6/c1-11-16-14-10-6-5-9-13(14)15(18)17(11)12-7-3-2-4-8-12;1-2/h2-10H,1H3;1-2H3. The minimum atomic E-state index is -0.0238. The molecule has 3 nitrogen and oxygen atoms in total. The Labute approximate surface area is 118 Å². The molecule has 0 radical (unpaired) electrons. The largest absolute Gasteiger partial charge is 0.268 e. The van der Waals surface area contributed by atoms with E-state index in [4.69, 9.17) is 0 Å². The molecule has 0 bridgehead atoms. The van der Waals surface area contributed by atoms with Crippen LogP contribution in [0.5, 0.6) is 0 Å². The summed E-state index contributed by atoms with van der Waals surface area (Å²) >= 11 is 0. The van der Waals surface area contributed by atoms with Gasteiger partial charge in [-0.1, -0.05) is 44.2 Å². The van der Waals surface area contributed by atoms with Gasteiger partial charge in [-0.25, -0.2) is 4.98 Å². The van der Waals surface area contributed by atoms with Crippen LogP contribution < -0.4 is 5.56 Å². The summed E-state index contributed by atoms with van der Waals surface area (Å²) in [4.78, 5) is 16.9. The molecule has 1 aromatic heterocycles. The second-order valence-corrected chi connectivity index (χ2v) is 4.15. The lowest BCUT2D eigenvalue weighted by Gasteiger charge is -2.10. The highest BCUT2D eigenvalue weighted by Crippen LogP contribution is 2.11. The number of hydrogen-bond acceptors (Lipinski definition) is 2. The molecule has 0 N–H and O–H groups in total. The fourth-order valence-corrected chi connectivity index (χ4v) is 2.12. The van der Waals surface area contributed by atoms with Crippen LogP contribution >= 0.6 is 0 Å². The first-order valence-corrected chi connectivity index (χ1v) is 6.81. The highest BCUT2D eigenvalue weighted by Gasteiger charge is 2.08. The third-order valence-electron chi connectivity index (χ3n) is 2.96. The Hall–Kier alpha value is -2.42. The van der Waals surface area contributed by atoms with Gasteiger partial charge in [0.1, 0.15) is 5.82 Å². The van der Waals surface area contributed by atoms with E-state index in [1.807, 2.05) is 75.4 Å². The molecule has 20 heavy (non-hydrogen) atoms. The van der Waals surface area contributed by atoms with Gasteiger partial charge in [-0.15, -0.1) is 0 Å². The average molecular weight is 266 g/mol. The summed E-state index contributed by atoms with van der Waals surface area (Å²) in [6.45, 7) is 5.85. The van der Waals surface area contributed by atoms with Crippen LogP contribution in [-0.2, 0) is 0 Å². The van der Waals surface area contributed by atoms with E-state index in [-0.39, 0.29) is 5.56 Å². The van der Waals surface area contributed by atoms with Crippen molar-refractivity contribution in [3.63, 3.8) is 0 Å². The molecule has 0 aliphatic heterocycles. The van der Waals surface area contributed by atoms with Gasteiger partial charge in [0.05, 0.1) is 16.6 Å². The molecule has 0 spiro atoms. The molecule has 0 aliphatic carbocycles. The second-order valence-electron chi connectivity index (χ2n) is 4.15. The van der Waals surface area contributed by atoms with Crippen molar-refractivity contribution in [1.82, 2.24) is 9.55 Å². The third-order valence-corrected chi connectivity index (χ3v) is 2.96. The summed E-state index contributed by atoms with van der Waals surface area (Å²) in [6.07, 6.45) is 0. The number of aromatic nitrogens is 2. The number of benzene rings is 2. The lowest BCUT2D eigenvalue weighted by molar-refractivity contribution is 0.895. The number of hydrogen-bond donors (Lipinski definition) is 0. The lowest BCUT2D eigenvalue weighted by atomic mass is 10.2. The summed E-state index contributed by atoms with van der Waals surface area (Å²) < 4.78 is 1.64. The van der Waals surface area contributed by atoms with E-state index in [0.717, 1.165) is 11.2 Å². The highest BCUT2D eigenvalue weighted by atomic mass is 16.1. The summed E-state index contributed by atoms with van der Waals surface area (Å²) in [5.74, 6) is 0.699. The molecule has 0 fully saturated rings. The smallest absolute Gasteiger partial charge is 0.265 e. The maximum atomic E-state index is 12.5. The molecular weight excluding hydrogens is 248 g/mol. The van der Waals surface area contributed by atoms with Gasteiger partial charge in [-0.05, 0) is 31.2 Å². The first kappa shape index (κ1) is 14.0. The maximum absolute atomic E-state index is 12.5. The number of rotatable bonds is 1. The van der Waals surface area contributed by atoms with Gasteiger partial charge in [-0.3, -0.25) is 9.36 Å². The van der Waals surface area contributed by atoms with E-state index in [0.29, 0.717) is 11.2 Å². The molecule has 2 aromatic carbocycles. The predicted octanol–water partition coefficient (Wildman–Crippen LogP) is 3.72. The van der Waals surface area contributed by atoms with Crippen molar-refractivity contribution in [2.75, 3.05) is 0 Å². The van der Waals surface area contributed by atoms with E-state index >= 15 is 0 Å². The van der Waals surface area contributed by atoms with Crippen molar-refractivity contribution < 1.29 is 0 Å². The molecule has 102 valence electrons. The minimum absolute atomic E-state index is 0.0238. The summed E-state index contributed by atoms with van der Waals surface area (Å²) in [7, 11) is 0. The van der Waals surface area contributed by atoms with Crippen LogP contribution in [0.4, 0.5) is 0 Å². The Bertz CT molecular complexity index is 761. The number of para-hydroxylation sites is 2. The molecule has 0 aliphatic rings. The Balaban J connectivity index is 0.000000704. The Morgan fingerprint density at radius 3 is 2.20 bits per heavy atom. The van der Waals surface area contributed by atoms with E-state index in [1.165, 1.54) is 0 Å². The van der Waals surface area contributed by atoms with Gasteiger partial charge in [0.25, 0.3) is 5.56 Å². The Kier molecular flexibility index (Phi) is 4.31. The van der Waals surface area contributed by atoms with Crippen LogP contribution in [0.2, 0.25) is 0 Å². The topological polar surface area (TPSA) is 34.9 Å². The quantitative estimate of drug-likeness (QED) is 0.673. The summed E-state index contributed by atoms with van der Waals surface area (Å²) in [5.41, 5.74) is 1.56. The molecule has 3 aromatic rings. The monoisotopic (exact) mass is 266 g/mol. The van der Waals surface area contributed by atoms with Crippen molar-refractivity contribution in [3.8, 4) is 5.69 Å². The average Bonchev–Trinajstić information content (AvgIpc) is 2.50. The number of nitrogens with zero attached hydrogens (tertiary/aromatic N) is 2. The van der Waals surface area contributed by atoms with Gasteiger partial charge < -0.3 is 0 Å². The maximum Gasteiger partial charge on any atom is 0.265 e. The third kappa shape index (κ3) is 2.48. The second kappa shape index (κ2) is 6.15. The number of fused-ring (bicyclic) bond motifs is 1. The van der Waals surface area contributed by atoms with Gasteiger partial charge in [0.2, 0.25) is 0 Å². The predicted molar refractivity (Wildman–Crippen MR) is 83.4 cm³/mol. The van der Waals surface area contributed by atoms with Crippen molar-refractivity contribution in [1.29, 1.82) is 0 Å². The highest BCUT2D eigenvalue weighted by molar-refractivity contribution is 5.77. The van der Waals surface area contributed by atoms with Crippen LogP contribution in [0.1, 0.15) is 19.7 Å². The molecule has 0 saturated heterocycles. The van der Waals surface area contributed by atoms with Crippen molar-refractivity contribution in [2.45, 2.75) is 20.8 Å². The molecule has 3 rings (SSSR count). The van der Waals surface area contributed by atoms with Gasteiger partial charge in [-0.2, -0.15) is 0 Å². The molecule has 0 saturated carbocycles. The summed E-state index contributed by atoms with van der Waals surface area (Å²) in [6, 6.07) is 17.0. The van der Waals surface area contributed by atoms with E-state index in [2.05, 4.69) is 4.98 Å². The number of aryl methyl sites for hydroxylation is 1. The van der Waals surface area contributed by atoms with E-state index in [1.54, 1.807) is 4.57 Å². The van der Waals surface area contributed by atoms with E-state index in [9.17, 15) is 4.79 Å². The van der Waals surface area contributed by atoms with Crippen LogP contribution in [0.15, 0.2) is 59.4 Å². The lowest BCUT2D eigenvalue weighted by Crippen LogP contribution is -2.22. The fraction of sp³-hybridized carbons (Fsp3) is 0.176. The molecule has 0 unspecified atom stereocenters. The van der Waals surface area contributed by atoms with Crippen LogP contribution in [-0.4, -0.2) is 9.55 Å². The minimum Gasteiger partial charge on any atom is -0.268 e. The zero-order valence-electron chi connectivity index (χ0n) is 12.0. The summed E-state index contributed by atoms with van der Waals surface area (Å²) in [5, 5.41) is 0.645. The van der Waals surface area contributed by atoms with Gasteiger partial charge in [0.15, 0.2) is 0 Å². The molecule has 0 amide bonds. The van der Waals surface area contributed by atoms with Gasteiger partial charge in [0, 0.05) is 0 Å². The van der Waals surface area contributed by atoms with Crippen LogP contribution in [0.25, 0.3) is 16.6 Å². The van der Waals surface area contributed by atoms with Crippen LogP contribution in [0.3, 0.4) is 0 Å². The van der Waals surface area contributed by atoms with Crippen molar-refractivity contribution in [2.24, 2.45) is 0 Å². The van der Waals surface area contributed by atoms with Gasteiger partial charge >= 0.3 is 0 Å². The van der Waals surface area contributed by atoms with Crippen molar-refractivity contribution >= 4 is 10.9 Å². The Morgan fingerprint density at radius 2 is 1.50 bits per heavy atom. The first-order chi connectivity index (χ1) is 9.77. The van der Waals surface area contributed by atoms with E-state index < -0.39 is 0 Å². The normalized spacial score (nSPS) is 9.95. The molecular formula is C17H18N2O. The molecule has 0 atom stereocenters. The molecule has 3 heteroatoms. The molecule has 1 heterocycles. The zero-order chi connectivity index (χ0) is 14.5. The van der Waals surface area contributed by atoms with Crippen LogP contribution in [0, 0.1) is 6.92 Å². The zero-order valence-corrected chi connectivity index (χ0v) is 12.0. The van der Waals surface area contributed by atoms with Crippen molar-refractivity contribution in [3.05, 3.63) is 70.8 Å². The SMILES string of the molecule is CC.Cc1nc2ccccc2c(=O)n1-c1ccccc1. The first-order valence-electron chi connectivity index (χ1n) is 6.81.